The van der Waals surface area contributed by atoms with Crippen molar-refractivity contribution < 1.29 is 13.2 Å². The van der Waals surface area contributed by atoms with Crippen LogP contribution in [0.15, 0.2) is 29.2 Å². The van der Waals surface area contributed by atoms with Crippen LogP contribution in [0.1, 0.15) is 44.2 Å². The summed E-state index contributed by atoms with van der Waals surface area (Å²) in [5, 5.41) is 3.83. The lowest BCUT2D eigenvalue weighted by Gasteiger charge is -2.64. The van der Waals surface area contributed by atoms with Crippen LogP contribution in [0.3, 0.4) is 0 Å². The zero-order valence-electron chi connectivity index (χ0n) is 13.8. The van der Waals surface area contributed by atoms with Gasteiger partial charge >= 0.3 is 0 Å². The van der Waals surface area contributed by atoms with E-state index in [2.05, 4.69) is 12.2 Å². The van der Waals surface area contributed by atoms with Gasteiger partial charge in [0.2, 0.25) is 0 Å². The summed E-state index contributed by atoms with van der Waals surface area (Å²) in [7, 11) is -3.12. The van der Waals surface area contributed by atoms with Crippen LogP contribution < -0.4 is 5.32 Å². The highest BCUT2D eigenvalue weighted by atomic mass is 32.2. The fraction of sp³-hybridized carbons (Fsp3) is 0.667. The van der Waals surface area contributed by atoms with Crippen LogP contribution >= 0.6 is 0 Å². The summed E-state index contributed by atoms with van der Waals surface area (Å²) in [6, 6.07) is 8.07. The first-order valence-corrected chi connectivity index (χ1v) is 10.5. The highest BCUT2D eigenvalue weighted by Gasteiger charge is 2.66. The molecule has 3 aliphatic rings. The molecule has 126 valence electrons. The van der Waals surface area contributed by atoms with Gasteiger partial charge in [0.05, 0.1) is 11.0 Å². The summed E-state index contributed by atoms with van der Waals surface area (Å²) >= 11 is 0. The maximum atomic E-state index is 11.6. The first kappa shape index (κ1) is 15.6. The maximum Gasteiger partial charge on any atom is 0.175 e. The molecule has 1 N–H and O–H groups in total. The molecule has 3 fully saturated rings. The maximum absolute atomic E-state index is 11.6. The molecule has 1 aromatic carbocycles. The van der Waals surface area contributed by atoms with E-state index >= 15 is 0 Å². The Morgan fingerprint density at radius 2 is 1.96 bits per heavy atom. The summed E-state index contributed by atoms with van der Waals surface area (Å²) in [6.45, 7) is 3.08. The molecule has 4 rings (SSSR count). The Hall–Kier alpha value is -0.910. The van der Waals surface area contributed by atoms with Gasteiger partial charge in [-0.2, -0.15) is 0 Å². The molecular formula is C18H25NO3S. The second-order valence-corrected chi connectivity index (χ2v) is 9.55. The van der Waals surface area contributed by atoms with Gasteiger partial charge in [-0.25, -0.2) is 8.42 Å². The minimum atomic E-state index is -3.12. The van der Waals surface area contributed by atoms with Crippen molar-refractivity contribution in [2.24, 2.45) is 11.3 Å². The smallest absolute Gasteiger partial charge is 0.175 e. The highest BCUT2D eigenvalue weighted by Crippen LogP contribution is 2.63. The van der Waals surface area contributed by atoms with Gasteiger partial charge in [-0.05, 0) is 43.9 Å². The second-order valence-electron chi connectivity index (χ2n) is 7.54. The van der Waals surface area contributed by atoms with Crippen molar-refractivity contribution in [3.8, 4) is 0 Å². The SMILES string of the molecule is C[C@H](N[C@@H]1[C@H]2CCO[C@@H]2C12CCC2)c1ccc(S(C)(=O)=O)cc1. The van der Waals surface area contributed by atoms with E-state index in [1.165, 1.54) is 31.9 Å². The van der Waals surface area contributed by atoms with Gasteiger partial charge in [0.15, 0.2) is 9.84 Å². The lowest BCUT2D eigenvalue weighted by atomic mass is 9.46. The Labute approximate surface area is 138 Å². The quantitative estimate of drug-likeness (QED) is 0.919. The molecule has 0 amide bonds. The van der Waals surface area contributed by atoms with E-state index in [1.807, 2.05) is 12.1 Å². The van der Waals surface area contributed by atoms with E-state index in [0.29, 0.717) is 28.4 Å². The number of hydrogen-bond acceptors (Lipinski definition) is 4. The summed E-state index contributed by atoms with van der Waals surface area (Å²) in [4.78, 5) is 0.386. The molecule has 23 heavy (non-hydrogen) atoms. The van der Waals surface area contributed by atoms with E-state index in [0.717, 1.165) is 12.2 Å². The molecule has 1 aliphatic heterocycles. The molecule has 5 heteroatoms. The fourth-order valence-corrected chi connectivity index (χ4v) is 5.49. The summed E-state index contributed by atoms with van der Waals surface area (Å²) in [5.41, 5.74) is 1.52. The molecular weight excluding hydrogens is 310 g/mol. The van der Waals surface area contributed by atoms with Crippen LogP contribution in [0.5, 0.6) is 0 Å². The van der Waals surface area contributed by atoms with Gasteiger partial charge in [-0.3, -0.25) is 0 Å². The van der Waals surface area contributed by atoms with Gasteiger partial charge in [0.25, 0.3) is 0 Å². The van der Waals surface area contributed by atoms with E-state index < -0.39 is 9.84 Å². The fourth-order valence-electron chi connectivity index (χ4n) is 4.86. The minimum Gasteiger partial charge on any atom is -0.377 e. The first-order valence-electron chi connectivity index (χ1n) is 8.59. The molecule has 0 radical (unpaired) electrons. The van der Waals surface area contributed by atoms with E-state index in [9.17, 15) is 8.42 Å². The zero-order chi connectivity index (χ0) is 16.2. The van der Waals surface area contributed by atoms with Crippen LogP contribution in [0.4, 0.5) is 0 Å². The largest absolute Gasteiger partial charge is 0.377 e. The van der Waals surface area contributed by atoms with Crippen molar-refractivity contribution in [1.82, 2.24) is 5.32 Å². The van der Waals surface area contributed by atoms with Crippen molar-refractivity contribution >= 4 is 9.84 Å². The van der Waals surface area contributed by atoms with Gasteiger partial charge in [-0.15, -0.1) is 0 Å². The van der Waals surface area contributed by atoms with E-state index in [4.69, 9.17) is 4.74 Å². The molecule has 0 bridgehead atoms. The second kappa shape index (κ2) is 5.30. The Morgan fingerprint density at radius 1 is 1.26 bits per heavy atom. The Kier molecular flexibility index (Phi) is 3.59. The molecule has 1 heterocycles. The van der Waals surface area contributed by atoms with Crippen LogP contribution in [-0.2, 0) is 14.6 Å². The summed E-state index contributed by atoms with van der Waals surface area (Å²) < 4.78 is 29.1. The van der Waals surface area contributed by atoms with Crippen LogP contribution in [0.2, 0.25) is 0 Å². The number of fused-ring (bicyclic) bond motifs is 2. The van der Waals surface area contributed by atoms with Gasteiger partial charge < -0.3 is 10.1 Å². The third kappa shape index (κ3) is 2.36. The predicted octanol–water partition coefficient (Wildman–Crippen LogP) is 2.70. The number of hydrogen-bond donors (Lipinski definition) is 1. The average Bonchev–Trinajstić information content (AvgIpc) is 2.87. The molecule has 1 aromatic rings. The molecule has 0 unspecified atom stereocenters. The third-order valence-electron chi connectivity index (χ3n) is 6.27. The highest BCUT2D eigenvalue weighted by molar-refractivity contribution is 7.90. The van der Waals surface area contributed by atoms with Gasteiger partial charge in [0.1, 0.15) is 0 Å². The lowest BCUT2D eigenvalue weighted by Crippen LogP contribution is -2.71. The van der Waals surface area contributed by atoms with Crippen molar-refractivity contribution in [3.05, 3.63) is 29.8 Å². The molecule has 2 saturated carbocycles. The number of ether oxygens (including phenoxy) is 1. The topological polar surface area (TPSA) is 55.4 Å². The number of rotatable bonds is 4. The van der Waals surface area contributed by atoms with E-state index in [1.54, 1.807) is 12.1 Å². The summed E-state index contributed by atoms with van der Waals surface area (Å²) in [5.74, 6) is 0.660. The molecule has 1 saturated heterocycles. The standard InChI is InChI=1S/C18H25NO3S/c1-12(13-4-6-14(7-5-13)23(2,20)21)19-16-15-8-11-22-17(15)18(16)9-3-10-18/h4-7,12,15-17,19H,3,8-11H2,1-2H3/t12-,15+,16+,17-/m0/s1. The van der Waals surface area contributed by atoms with Crippen molar-refractivity contribution in [2.75, 3.05) is 12.9 Å². The summed E-state index contributed by atoms with van der Waals surface area (Å²) in [6.07, 6.45) is 6.79. The molecule has 1 spiro atoms. The number of sulfone groups is 1. The molecule has 4 atom stereocenters. The molecule has 2 aliphatic carbocycles. The van der Waals surface area contributed by atoms with Crippen molar-refractivity contribution in [2.45, 2.75) is 55.7 Å². The predicted molar refractivity (Wildman–Crippen MR) is 89.0 cm³/mol. The Balaban J connectivity index is 1.48. The zero-order valence-corrected chi connectivity index (χ0v) is 14.6. The van der Waals surface area contributed by atoms with Crippen LogP contribution in [-0.4, -0.2) is 33.4 Å². The van der Waals surface area contributed by atoms with Crippen molar-refractivity contribution in [3.63, 3.8) is 0 Å². The average molecular weight is 335 g/mol. The first-order chi connectivity index (χ1) is 10.9. The monoisotopic (exact) mass is 335 g/mol. The van der Waals surface area contributed by atoms with Gasteiger partial charge in [0, 0.05) is 36.3 Å². The van der Waals surface area contributed by atoms with Crippen LogP contribution in [0, 0.1) is 11.3 Å². The molecule has 4 nitrogen and oxygen atoms in total. The van der Waals surface area contributed by atoms with Crippen molar-refractivity contribution in [1.29, 1.82) is 0 Å². The minimum absolute atomic E-state index is 0.229. The van der Waals surface area contributed by atoms with E-state index in [-0.39, 0.29) is 6.04 Å². The number of nitrogens with one attached hydrogen (secondary N) is 1. The Morgan fingerprint density at radius 3 is 2.52 bits per heavy atom. The van der Waals surface area contributed by atoms with Gasteiger partial charge in [-0.1, -0.05) is 18.6 Å². The molecule has 0 aromatic heterocycles. The third-order valence-corrected chi connectivity index (χ3v) is 7.40. The number of benzene rings is 1. The lowest BCUT2D eigenvalue weighted by molar-refractivity contribution is -0.178. The Bertz CT molecular complexity index is 693. The van der Waals surface area contributed by atoms with Crippen LogP contribution in [0.25, 0.3) is 0 Å². The normalized spacial score (nSPS) is 32.9.